The van der Waals surface area contributed by atoms with E-state index in [-0.39, 0.29) is 36.4 Å². The summed E-state index contributed by atoms with van der Waals surface area (Å²) in [5, 5.41) is 99.1. The number of rotatable bonds is 13. The minimum atomic E-state index is -1.87. The Morgan fingerprint density at radius 1 is 0.740 bits per heavy atom. The highest BCUT2D eigenvalue weighted by Gasteiger charge is 2.79. The van der Waals surface area contributed by atoms with Crippen LogP contribution in [0.25, 0.3) is 0 Å². The SMILES string of the molecule is COC1C(O)COC(OC2C(O)C(CO)OC(OC3C(C)OC(OC4C(OC5CCC6(C)C7CCC89C(=O)OC(C)(C=CC=C(C)C)C8C(OC(C)=O)CC9(C)C7=CCC6C5(C)C)OCC(O)C4O)C(O)C3O)C2O)C1O. The first-order valence-corrected chi connectivity index (χ1v) is 27.4. The van der Waals surface area contributed by atoms with E-state index in [1.165, 1.54) is 26.5 Å². The van der Waals surface area contributed by atoms with Crippen LogP contribution in [0.4, 0.5) is 0 Å². The molecule has 1 spiro atoms. The van der Waals surface area contributed by atoms with Gasteiger partial charge in [-0.05, 0) is 95.0 Å². The predicted molar refractivity (Wildman–Crippen MR) is 265 cm³/mol. The van der Waals surface area contributed by atoms with Crippen LogP contribution in [-0.4, -0.2) is 213 Å². The highest BCUT2D eigenvalue weighted by atomic mass is 16.8. The van der Waals surface area contributed by atoms with E-state index in [1.54, 1.807) is 0 Å². The first kappa shape index (κ1) is 59.1. The maximum Gasteiger partial charge on any atom is 0.314 e. The van der Waals surface area contributed by atoms with Gasteiger partial charge in [0.05, 0.1) is 43.4 Å². The lowest BCUT2D eigenvalue weighted by molar-refractivity contribution is -0.387. The third-order valence-corrected chi connectivity index (χ3v) is 19.5. The first-order chi connectivity index (χ1) is 36.2. The lowest BCUT2D eigenvalue weighted by atomic mass is 9.41. The number of carbonyl (C=O) groups is 2. The number of ether oxygens (including phenoxy) is 11. The number of carbonyl (C=O) groups excluding carboxylic acids is 2. The van der Waals surface area contributed by atoms with Gasteiger partial charge in [-0.15, -0.1) is 0 Å². The molecule has 9 aliphatic rings. The van der Waals surface area contributed by atoms with E-state index < -0.39 is 163 Å². The van der Waals surface area contributed by atoms with Crippen molar-refractivity contribution in [2.45, 2.75) is 229 Å². The number of aliphatic hydroxyl groups excluding tert-OH is 9. The lowest BCUT2D eigenvalue weighted by Crippen LogP contribution is -2.66. The Kier molecular flexibility index (Phi) is 16.9. The molecule has 0 radical (unpaired) electrons. The zero-order chi connectivity index (χ0) is 56.1. The van der Waals surface area contributed by atoms with Crippen LogP contribution < -0.4 is 0 Å². The number of hydrogen-bond donors (Lipinski definition) is 9. The summed E-state index contributed by atoms with van der Waals surface area (Å²) in [6, 6.07) is 0. The summed E-state index contributed by atoms with van der Waals surface area (Å²) in [6.07, 6.45) is -16.3. The predicted octanol–water partition coefficient (Wildman–Crippen LogP) is 0.569. The monoisotopic (exact) mass is 1100 g/mol. The van der Waals surface area contributed by atoms with Crippen molar-refractivity contribution < 1.29 is 108 Å². The van der Waals surface area contributed by atoms with E-state index in [0.717, 1.165) is 18.4 Å². The molecule has 0 amide bonds. The van der Waals surface area contributed by atoms with Gasteiger partial charge < -0.3 is 98.1 Å². The Morgan fingerprint density at radius 2 is 1.39 bits per heavy atom. The summed E-state index contributed by atoms with van der Waals surface area (Å²) in [5.74, 6) is -0.889. The van der Waals surface area contributed by atoms with E-state index in [2.05, 4.69) is 33.8 Å². The van der Waals surface area contributed by atoms with Crippen LogP contribution in [0.1, 0.15) is 101 Å². The van der Waals surface area contributed by atoms with Crippen molar-refractivity contribution in [2.24, 2.45) is 39.4 Å². The fraction of sp³-hybridized carbons (Fsp3) is 0.855. The molecule has 8 fully saturated rings. The zero-order valence-electron chi connectivity index (χ0n) is 45.8. The van der Waals surface area contributed by atoms with Crippen molar-refractivity contribution in [2.75, 3.05) is 26.9 Å². The second-order valence-corrected chi connectivity index (χ2v) is 24.8. The van der Waals surface area contributed by atoms with Crippen molar-refractivity contribution in [3.63, 3.8) is 0 Å². The lowest BCUT2D eigenvalue weighted by Gasteiger charge is -2.63. The molecule has 22 heteroatoms. The van der Waals surface area contributed by atoms with E-state index in [9.17, 15) is 55.5 Å². The second kappa shape index (κ2) is 22.0. The van der Waals surface area contributed by atoms with Gasteiger partial charge in [-0.3, -0.25) is 9.59 Å². The quantitative estimate of drug-likeness (QED) is 0.0692. The molecule has 77 heavy (non-hydrogen) atoms. The molecule has 5 heterocycles. The van der Waals surface area contributed by atoms with Gasteiger partial charge in [0, 0.05) is 19.4 Å². The number of methoxy groups -OCH3 is 1. The Labute approximate surface area is 449 Å². The molecule has 0 aromatic rings. The van der Waals surface area contributed by atoms with Crippen molar-refractivity contribution >= 4 is 11.9 Å². The molecule has 27 atom stereocenters. The second-order valence-electron chi connectivity index (χ2n) is 24.8. The zero-order valence-corrected chi connectivity index (χ0v) is 45.8. The number of hydrogen-bond acceptors (Lipinski definition) is 22. The molecule has 5 aliphatic heterocycles. The van der Waals surface area contributed by atoms with Crippen molar-refractivity contribution in [1.82, 2.24) is 0 Å². The third kappa shape index (κ3) is 9.91. The average Bonchev–Trinajstić information content (AvgIpc) is 3.93. The average molecular weight is 1100 g/mol. The largest absolute Gasteiger partial charge is 0.462 e. The molecule has 27 unspecified atom stereocenters. The van der Waals surface area contributed by atoms with Crippen LogP contribution in [0.2, 0.25) is 0 Å². The Hall–Kier alpha value is -2.56. The van der Waals surface area contributed by atoms with Gasteiger partial charge in [0.25, 0.3) is 0 Å². The van der Waals surface area contributed by atoms with E-state index in [4.69, 9.17) is 52.1 Å². The minimum Gasteiger partial charge on any atom is -0.462 e. The van der Waals surface area contributed by atoms with E-state index in [0.29, 0.717) is 25.7 Å². The molecule has 9 N–H and O–H groups in total. The van der Waals surface area contributed by atoms with Gasteiger partial charge in [0.15, 0.2) is 25.2 Å². The molecule has 0 bridgehead atoms. The molecule has 0 aromatic carbocycles. The molecule has 0 aromatic heterocycles. The van der Waals surface area contributed by atoms with Crippen molar-refractivity contribution in [1.29, 1.82) is 0 Å². The molecular formula is C55H84O22. The molecule has 4 aliphatic carbocycles. The van der Waals surface area contributed by atoms with E-state index in [1.807, 2.05) is 39.0 Å². The maximum absolute atomic E-state index is 14.6. The summed E-state index contributed by atoms with van der Waals surface area (Å²) in [5.41, 5.74) is -1.02. The molecule has 5 saturated heterocycles. The molecule has 9 rings (SSSR count). The van der Waals surface area contributed by atoms with Gasteiger partial charge in [0.2, 0.25) is 0 Å². The summed E-state index contributed by atoms with van der Waals surface area (Å²) in [7, 11) is 1.27. The first-order valence-electron chi connectivity index (χ1n) is 27.4. The smallest absolute Gasteiger partial charge is 0.314 e. The third-order valence-electron chi connectivity index (χ3n) is 19.5. The Bertz CT molecular complexity index is 2240. The van der Waals surface area contributed by atoms with Crippen LogP contribution in [0.5, 0.6) is 0 Å². The number of aliphatic hydroxyl groups is 9. The van der Waals surface area contributed by atoms with E-state index >= 15 is 0 Å². The molecule has 22 nitrogen and oxygen atoms in total. The van der Waals surface area contributed by atoms with Crippen LogP contribution >= 0.6 is 0 Å². The van der Waals surface area contributed by atoms with Gasteiger partial charge in [-0.1, -0.05) is 57.1 Å². The van der Waals surface area contributed by atoms with Crippen LogP contribution in [-0.2, 0) is 61.7 Å². The van der Waals surface area contributed by atoms with Gasteiger partial charge in [0.1, 0.15) is 91.1 Å². The number of allylic oxidation sites excluding steroid dienone is 5. The fourth-order valence-corrected chi connectivity index (χ4v) is 15.7. The maximum atomic E-state index is 14.6. The minimum absolute atomic E-state index is 0.0676. The van der Waals surface area contributed by atoms with Crippen LogP contribution in [0.3, 0.4) is 0 Å². The number of esters is 2. The Morgan fingerprint density at radius 3 is 2.06 bits per heavy atom. The Balaban J connectivity index is 0.891. The van der Waals surface area contributed by atoms with Gasteiger partial charge >= 0.3 is 11.9 Å². The van der Waals surface area contributed by atoms with Gasteiger partial charge in [-0.25, -0.2) is 0 Å². The normalized spacial score (nSPS) is 51.4. The van der Waals surface area contributed by atoms with Crippen LogP contribution in [0.15, 0.2) is 35.5 Å². The summed E-state index contributed by atoms with van der Waals surface area (Å²) in [4.78, 5) is 27.3. The summed E-state index contributed by atoms with van der Waals surface area (Å²) in [6.45, 7) is 16.3. The summed E-state index contributed by atoms with van der Waals surface area (Å²) < 4.78 is 65.9. The fourth-order valence-electron chi connectivity index (χ4n) is 15.7. The summed E-state index contributed by atoms with van der Waals surface area (Å²) >= 11 is 0. The standard InChI is InChI=1S/C55H84O22/c1-24(2)12-11-17-54(9)45-31(71-26(4)57)20-53(8)28-13-14-33-51(5,6)34(16-18-52(33,7)27(28)15-19-55(45,53)50(66)77-54)73-49-44(35(60)29(58)22-69-49)76-47-38(63)37(62)41(25(3)70-47)74-48-40(65)43(36(61)32(21-56)72-48)75-46-39(64)42(67-10)30(59)23-68-46/h11-13,17,25,27,29-49,56,58-65H,14-16,18-23H2,1-10H3. The van der Waals surface area contributed by atoms with Crippen molar-refractivity contribution in [3.05, 3.63) is 35.5 Å². The van der Waals surface area contributed by atoms with Crippen LogP contribution in [0, 0.1) is 39.4 Å². The highest BCUT2D eigenvalue weighted by Crippen LogP contribution is 2.76. The van der Waals surface area contributed by atoms with Crippen molar-refractivity contribution in [3.8, 4) is 0 Å². The number of fused-ring (bicyclic) bond motifs is 4. The molecule has 436 valence electrons. The molecular weight excluding hydrogens is 1010 g/mol. The topological polar surface area (TPSA) is 318 Å². The molecule has 3 saturated carbocycles. The number of cyclic esters (lactones) is 1. The van der Waals surface area contributed by atoms with Gasteiger partial charge in [-0.2, -0.15) is 0 Å². The highest BCUT2D eigenvalue weighted by molar-refractivity contribution is 5.84.